The molecule has 116 valence electrons. The second-order valence-electron chi connectivity index (χ2n) is 5.39. The molecule has 1 aliphatic rings. The molecule has 1 aliphatic heterocycles. The molecule has 6 heteroatoms. The summed E-state index contributed by atoms with van der Waals surface area (Å²) in [5.74, 6) is 0.612. The van der Waals surface area contributed by atoms with Gasteiger partial charge in [-0.05, 0) is 25.0 Å². The molecule has 0 saturated carbocycles. The van der Waals surface area contributed by atoms with Crippen LogP contribution in [0.4, 0.5) is 5.82 Å². The molecule has 3 N–H and O–H groups in total. The number of aromatic nitrogens is 1. The highest BCUT2D eigenvalue weighted by Gasteiger charge is 2.27. The number of carbonyl (C=O) groups excluding carboxylic acids is 1. The van der Waals surface area contributed by atoms with E-state index in [1.165, 1.54) is 0 Å². The molecule has 0 aromatic carbocycles. The summed E-state index contributed by atoms with van der Waals surface area (Å²) in [5.41, 5.74) is 5.55. The Bertz CT molecular complexity index is 439. The smallest absolute Gasteiger partial charge is 0.252 e. The topological polar surface area (TPSA) is 69.3 Å². The van der Waals surface area contributed by atoms with Crippen LogP contribution >= 0.6 is 0 Å². The Morgan fingerprint density at radius 1 is 1.43 bits per heavy atom. The van der Waals surface area contributed by atoms with Crippen molar-refractivity contribution in [2.75, 3.05) is 25.1 Å². The number of anilines is 1. The number of nitrogens with zero attached hydrogens (tertiary/aromatic N) is 2. The zero-order chi connectivity index (χ0) is 15.1. The van der Waals surface area contributed by atoms with Crippen LogP contribution in [0.2, 0.25) is 0 Å². The summed E-state index contributed by atoms with van der Waals surface area (Å²) >= 11 is 0. The van der Waals surface area contributed by atoms with Gasteiger partial charge in [-0.15, -0.1) is 0 Å². The number of rotatable bonds is 6. The van der Waals surface area contributed by atoms with E-state index in [1.54, 1.807) is 6.20 Å². The molecule has 2 atom stereocenters. The monoisotopic (exact) mass is 291 g/mol. The van der Waals surface area contributed by atoms with E-state index >= 15 is 0 Å². The maximum atomic E-state index is 12.1. The van der Waals surface area contributed by atoms with E-state index in [9.17, 15) is 4.79 Å². The Morgan fingerprint density at radius 2 is 2.29 bits per heavy atom. The van der Waals surface area contributed by atoms with Crippen molar-refractivity contribution in [2.24, 2.45) is 0 Å². The fraction of sp³-hybridized carbons (Fsp3) is 0.600. The highest BCUT2D eigenvalue weighted by atomic mass is 16.2. The summed E-state index contributed by atoms with van der Waals surface area (Å²) in [5, 5.41) is 3.53. The highest BCUT2D eigenvalue weighted by molar-refractivity contribution is 5.79. The Kier molecular flexibility index (Phi) is 5.95. The molecule has 0 bridgehead atoms. The summed E-state index contributed by atoms with van der Waals surface area (Å²) < 4.78 is 0. The van der Waals surface area contributed by atoms with Crippen molar-refractivity contribution < 1.29 is 4.79 Å². The number of pyridine rings is 1. The molecule has 0 radical (unpaired) electrons. The fourth-order valence-electron chi connectivity index (χ4n) is 2.59. The van der Waals surface area contributed by atoms with Crippen LogP contribution in [0.5, 0.6) is 0 Å². The van der Waals surface area contributed by atoms with Crippen LogP contribution in [0.15, 0.2) is 24.4 Å². The highest BCUT2D eigenvalue weighted by Crippen LogP contribution is 2.11. The van der Waals surface area contributed by atoms with Crippen molar-refractivity contribution in [3.8, 4) is 0 Å². The predicted octanol–water partition coefficient (Wildman–Crippen LogP) is 0.987. The number of piperazine rings is 1. The molecule has 1 aromatic rings. The van der Waals surface area contributed by atoms with E-state index in [-0.39, 0.29) is 5.91 Å². The second-order valence-corrected chi connectivity index (χ2v) is 5.39. The lowest BCUT2D eigenvalue weighted by Crippen LogP contribution is -2.58. The van der Waals surface area contributed by atoms with Gasteiger partial charge < -0.3 is 5.32 Å². The number of amides is 1. The van der Waals surface area contributed by atoms with Crippen molar-refractivity contribution in [3.05, 3.63) is 24.4 Å². The molecule has 21 heavy (non-hydrogen) atoms. The molecule has 1 amide bonds. The molecule has 2 unspecified atom stereocenters. The number of carbonyl (C=O) groups is 1. The largest absolute Gasteiger partial charge is 0.311 e. The first-order valence-electron chi connectivity index (χ1n) is 7.66. The van der Waals surface area contributed by atoms with Gasteiger partial charge in [0.15, 0.2) is 0 Å². The summed E-state index contributed by atoms with van der Waals surface area (Å²) in [4.78, 5) is 18.4. The first kappa shape index (κ1) is 15.7. The van der Waals surface area contributed by atoms with Crippen LogP contribution in [-0.2, 0) is 4.79 Å². The van der Waals surface area contributed by atoms with Crippen LogP contribution in [0.25, 0.3) is 0 Å². The molecule has 1 saturated heterocycles. The predicted molar refractivity (Wildman–Crippen MR) is 83.7 cm³/mol. The molecule has 0 spiro atoms. The number of hydrogen-bond acceptors (Lipinski definition) is 5. The molecule has 0 aliphatic carbocycles. The minimum Gasteiger partial charge on any atom is -0.311 e. The van der Waals surface area contributed by atoms with E-state index in [4.69, 9.17) is 0 Å². The second kappa shape index (κ2) is 7.95. The third-order valence-corrected chi connectivity index (χ3v) is 3.92. The van der Waals surface area contributed by atoms with Gasteiger partial charge in [-0.3, -0.25) is 20.5 Å². The molecule has 1 aromatic heterocycles. The van der Waals surface area contributed by atoms with Gasteiger partial charge in [-0.25, -0.2) is 4.98 Å². The van der Waals surface area contributed by atoms with Crippen LogP contribution < -0.4 is 16.2 Å². The van der Waals surface area contributed by atoms with Crippen molar-refractivity contribution in [3.63, 3.8) is 0 Å². The molecule has 2 heterocycles. The lowest BCUT2D eigenvalue weighted by Gasteiger charge is -2.39. The molecular weight excluding hydrogens is 266 g/mol. The van der Waals surface area contributed by atoms with E-state index in [2.05, 4.69) is 39.9 Å². The van der Waals surface area contributed by atoms with Gasteiger partial charge in [0.05, 0.1) is 6.54 Å². The van der Waals surface area contributed by atoms with Gasteiger partial charge in [-0.2, -0.15) is 0 Å². The summed E-state index contributed by atoms with van der Waals surface area (Å²) in [6.45, 7) is 6.62. The van der Waals surface area contributed by atoms with Crippen molar-refractivity contribution in [1.82, 2.24) is 20.6 Å². The van der Waals surface area contributed by atoms with Gasteiger partial charge >= 0.3 is 0 Å². The minimum atomic E-state index is -0.0316. The third-order valence-electron chi connectivity index (χ3n) is 3.92. The van der Waals surface area contributed by atoms with E-state index in [0.29, 0.717) is 24.4 Å². The fourth-order valence-corrected chi connectivity index (χ4v) is 2.59. The van der Waals surface area contributed by atoms with Crippen molar-refractivity contribution in [2.45, 2.75) is 38.8 Å². The van der Waals surface area contributed by atoms with E-state index in [1.807, 2.05) is 18.2 Å². The quantitative estimate of drug-likeness (QED) is 0.682. The van der Waals surface area contributed by atoms with Gasteiger partial charge in [-0.1, -0.05) is 19.9 Å². The number of hydrazine groups is 1. The summed E-state index contributed by atoms with van der Waals surface area (Å²) in [6, 6.07) is 6.42. The molecule has 6 nitrogen and oxygen atoms in total. The van der Waals surface area contributed by atoms with Crippen molar-refractivity contribution >= 4 is 11.7 Å². The Labute approximate surface area is 126 Å². The Morgan fingerprint density at radius 3 is 2.95 bits per heavy atom. The average molecular weight is 291 g/mol. The van der Waals surface area contributed by atoms with Gasteiger partial charge in [0.2, 0.25) is 0 Å². The molecule has 1 fully saturated rings. The van der Waals surface area contributed by atoms with Crippen LogP contribution in [-0.4, -0.2) is 47.5 Å². The standard InChI is InChI=1S/C15H25N5O/c1-3-12-10-20(13(4-2)9-17-12)11-15(21)19-18-14-7-5-6-8-16-14/h5-8,12-13,17H,3-4,9-11H2,1-2H3,(H,16,18)(H,19,21). The van der Waals surface area contributed by atoms with Crippen LogP contribution in [0.3, 0.4) is 0 Å². The first-order chi connectivity index (χ1) is 10.2. The SMILES string of the molecule is CCC1CN(CC(=O)NNc2ccccn2)C(CC)CN1. The van der Waals surface area contributed by atoms with Gasteiger partial charge in [0.25, 0.3) is 5.91 Å². The maximum Gasteiger partial charge on any atom is 0.252 e. The van der Waals surface area contributed by atoms with E-state index < -0.39 is 0 Å². The lowest BCUT2D eigenvalue weighted by molar-refractivity contribution is -0.122. The van der Waals surface area contributed by atoms with Crippen LogP contribution in [0.1, 0.15) is 26.7 Å². The number of hydrogen-bond donors (Lipinski definition) is 3. The summed E-state index contributed by atoms with van der Waals surface area (Å²) in [7, 11) is 0. The molecule has 2 rings (SSSR count). The first-order valence-corrected chi connectivity index (χ1v) is 7.66. The van der Waals surface area contributed by atoms with E-state index in [0.717, 1.165) is 25.9 Å². The zero-order valence-electron chi connectivity index (χ0n) is 12.8. The van der Waals surface area contributed by atoms with Crippen molar-refractivity contribution in [1.29, 1.82) is 0 Å². The van der Waals surface area contributed by atoms with Gasteiger partial charge in [0.1, 0.15) is 5.82 Å². The van der Waals surface area contributed by atoms with Crippen LogP contribution in [0, 0.1) is 0 Å². The summed E-state index contributed by atoms with van der Waals surface area (Å²) in [6.07, 6.45) is 3.81. The number of nitrogens with one attached hydrogen (secondary N) is 3. The van der Waals surface area contributed by atoms with Gasteiger partial charge in [0, 0.05) is 31.4 Å². The maximum absolute atomic E-state index is 12.1. The molecular formula is C15H25N5O. The third kappa shape index (κ3) is 4.68. The Balaban J connectivity index is 1.82. The zero-order valence-corrected chi connectivity index (χ0v) is 12.8. The lowest BCUT2D eigenvalue weighted by atomic mass is 10.1. The normalized spacial score (nSPS) is 22.8. The average Bonchev–Trinajstić information content (AvgIpc) is 2.54. The Hall–Kier alpha value is -1.66. The minimum absolute atomic E-state index is 0.0316.